The van der Waals surface area contributed by atoms with E-state index in [-0.39, 0.29) is 0 Å². The highest BCUT2D eigenvalue weighted by Gasteiger charge is 2.11. The average molecular weight is 419 g/mol. The number of hydrogen-bond donors (Lipinski definition) is 1. The third kappa shape index (κ3) is 5.33. The van der Waals surface area contributed by atoms with Gasteiger partial charge >= 0.3 is 0 Å². The highest BCUT2D eigenvalue weighted by atomic mass is 16.5. The van der Waals surface area contributed by atoms with Crippen molar-refractivity contribution in [3.63, 3.8) is 0 Å². The Balaban J connectivity index is 1.53. The van der Waals surface area contributed by atoms with Gasteiger partial charge in [-0.15, -0.1) is 0 Å². The van der Waals surface area contributed by atoms with Crippen molar-refractivity contribution >= 4 is 28.9 Å². The molecule has 4 rings (SSSR count). The van der Waals surface area contributed by atoms with E-state index in [9.17, 15) is 0 Å². The standard InChI is InChI=1S/C25H30N4O2/c1-30-22-12-10-19(18-23(22)31-2)11-13-24-27-21-9-5-4-8-20(21)25(28-24)26-14-17-29-15-6-3-7-16-29/h4-5,8-13,18H,3,6-7,14-17H2,1-2H3,(H,26,27,28)/b13-11+. The van der Waals surface area contributed by atoms with Crippen LogP contribution in [0.5, 0.6) is 11.5 Å². The molecule has 0 bridgehead atoms. The minimum absolute atomic E-state index is 0.675. The molecule has 6 nitrogen and oxygen atoms in total. The zero-order chi connectivity index (χ0) is 21.5. The Bertz CT molecular complexity index is 1040. The van der Waals surface area contributed by atoms with Crippen molar-refractivity contribution in [1.82, 2.24) is 14.9 Å². The number of anilines is 1. The summed E-state index contributed by atoms with van der Waals surface area (Å²) in [5, 5.41) is 4.59. The van der Waals surface area contributed by atoms with Crippen LogP contribution < -0.4 is 14.8 Å². The molecule has 1 saturated heterocycles. The monoisotopic (exact) mass is 418 g/mol. The Labute approximate surface area is 183 Å². The average Bonchev–Trinajstić information content (AvgIpc) is 2.83. The summed E-state index contributed by atoms with van der Waals surface area (Å²) in [5.74, 6) is 2.97. The van der Waals surface area contributed by atoms with Crippen LogP contribution in [0.3, 0.4) is 0 Å². The molecular formula is C25H30N4O2. The van der Waals surface area contributed by atoms with Crippen molar-refractivity contribution in [3.05, 3.63) is 53.9 Å². The zero-order valence-corrected chi connectivity index (χ0v) is 18.3. The van der Waals surface area contributed by atoms with E-state index in [0.29, 0.717) is 17.3 Å². The first-order valence-electron chi connectivity index (χ1n) is 10.9. The number of rotatable bonds is 8. The van der Waals surface area contributed by atoms with Gasteiger partial charge in [0, 0.05) is 18.5 Å². The van der Waals surface area contributed by atoms with E-state index in [1.807, 2.05) is 48.6 Å². The van der Waals surface area contributed by atoms with Gasteiger partial charge in [-0.1, -0.05) is 30.7 Å². The fourth-order valence-corrected chi connectivity index (χ4v) is 3.95. The first-order chi connectivity index (χ1) is 15.3. The van der Waals surface area contributed by atoms with Crippen LogP contribution in [0.25, 0.3) is 23.1 Å². The maximum atomic E-state index is 5.40. The predicted octanol–water partition coefficient (Wildman–Crippen LogP) is 4.72. The summed E-state index contributed by atoms with van der Waals surface area (Å²) < 4.78 is 10.7. The Morgan fingerprint density at radius 1 is 0.935 bits per heavy atom. The lowest BCUT2D eigenvalue weighted by Crippen LogP contribution is -2.33. The van der Waals surface area contributed by atoms with Crippen LogP contribution in [-0.4, -0.2) is 55.3 Å². The van der Waals surface area contributed by atoms with E-state index >= 15 is 0 Å². The van der Waals surface area contributed by atoms with Crippen LogP contribution in [-0.2, 0) is 0 Å². The quantitative estimate of drug-likeness (QED) is 0.571. The van der Waals surface area contributed by atoms with E-state index in [0.717, 1.165) is 35.4 Å². The summed E-state index contributed by atoms with van der Waals surface area (Å²) in [7, 11) is 3.27. The fraction of sp³-hybridized carbons (Fsp3) is 0.360. The van der Waals surface area contributed by atoms with Crippen molar-refractivity contribution in [3.8, 4) is 11.5 Å². The highest BCUT2D eigenvalue weighted by Crippen LogP contribution is 2.28. The molecule has 2 aromatic carbocycles. The van der Waals surface area contributed by atoms with Crippen molar-refractivity contribution in [2.24, 2.45) is 0 Å². The summed E-state index contributed by atoms with van der Waals surface area (Å²) in [6.45, 7) is 4.31. The van der Waals surface area contributed by atoms with Gasteiger partial charge in [0.1, 0.15) is 5.82 Å². The van der Waals surface area contributed by atoms with E-state index in [1.165, 1.54) is 32.4 Å². The molecule has 31 heavy (non-hydrogen) atoms. The van der Waals surface area contributed by atoms with Gasteiger partial charge in [0.25, 0.3) is 0 Å². The topological polar surface area (TPSA) is 59.5 Å². The number of ether oxygens (including phenoxy) is 2. The number of piperidine rings is 1. The van der Waals surface area contributed by atoms with Gasteiger partial charge in [0.05, 0.1) is 19.7 Å². The normalized spacial score (nSPS) is 14.8. The smallest absolute Gasteiger partial charge is 0.161 e. The van der Waals surface area contributed by atoms with Crippen LogP contribution in [0, 0.1) is 0 Å². The summed E-state index contributed by atoms with van der Waals surface area (Å²) in [5.41, 5.74) is 1.93. The van der Waals surface area contributed by atoms with Crippen LogP contribution in [0.4, 0.5) is 5.82 Å². The molecule has 1 aliphatic rings. The van der Waals surface area contributed by atoms with E-state index in [2.05, 4.69) is 16.3 Å². The molecule has 1 aliphatic heterocycles. The molecule has 0 amide bonds. The molecule has 3 aromatic rings. The third-order valence-electron chi connectivity index (χ3n) is 5.62. The molecule has 0 aliphatic carbocycles. The molecule has 0 radical (unpaired) electrons. The summed E-state index contributed by atoms with van der Waals surface area (Å²) in [6, 6.07) is 14.0. The lowest BCUT2D eigenvalue weighted by Gasteiger charge is -2.26. The lowest BCUT2D eigenvalue weighted by atomic mass is 10.1. The van der Waals surface area contributed by atoms with Gasteiger partial charge < -0.3 is 19.7 Å². The van der Waals surface area contributed by atoms with E-state index in [4.69, 9.17) is 19.4 Å². The largest absolute Gasteiger partial charge is 0.493 e. The van der Waals surface area contributed by atoms with E-state index in [1.54, 1.807) is 14.2 Å². The molecule has 0 spiro atoms. The van der Waals surface area contributed by atoms with Gasteiger partial charge in [-0.3, -0.25) is 0 Å². The van der Waals surface area contributed by atoms with E-state index < -0.39 is 0 Å². The second-order valence-electron chi connectivity index (χ2n) is 7.72. The number of nitrogens with one attached hydrogen (secondary N) is 1. The number of methoxy groups -OCH3 is 2. The van der Waals surface area contributed by atoms with Gasteiger partial charge in [-0.25, -0.2) is 9.97 Å². The van der Waals surface area contributed by atoms with Crippen molar-refractivity contribution in [2.75, 3.05) is 45.7 Å². The third-order valence-corrected chi connectivity index (χ3v) is 5.62. The number of fused-ring (bicyclic) bond motifs is 1. The number of benzene rings is 2. The summed E-state index contributed by atoms with van der Waals surface area (Å²) in [4.78, 5) is 12.0. The number of aromatic nitrogens is 2. The molecule has 1 fully saturated rings. The van der Waals surface area contributed by atoms with Crippen LogP contribution in [0.2, 0.25) is 0 Å². The van der Waals surface area contributed by atoms with Crippen LogP contribution >= 0.6 is 0 Å². The molecule has 162 valence electrons. The lowest BCUT2D eigenvalue weighted by molar-refractivity contribution is 0.237. The number of hydrogen-bond acceptors (Lipinski definition) is 6. The number of nitrogens with zero attached hydrogens (tertiary/aromatic N) is 3. The summed E-state index contributed by atoms with van der Waals surface area (Å²) in [6.07, 6.45) is 7.90. The second-order valence-corrected chi connectivity index (χ2v) is 7.72. The first kappa shape index (κ1) is 21.1. The number of likely N-dealkylation sites (tertiary alicyclic amines) is 1. The van der Waals surface area contributed by atoms with Gasteiger partial charge in [-0.05, 0) is 61.8 Å². The fourth-order valence-electron chi connectivity index (χ4n) is 3.95. The maximum absolute atomic E-state index is 5.40. The minimum Gasteiger partial charge on any atom is -0.493 e. The van der Waals surface area contributed by atoms with Crippen molar-refractivity contribution in [1.29, 1.82) is 0 Å². The van der Waals surface area contributed by atoms with Gasteiger partial charge in [0.2, 0.25) is 0 Å². The highest BCUT2D eigenvalue weighted by molar-refractivity contribution is 5.90. The van der Waals surface area contributed by atoms with Gasteiger partial charge in [-0.2, -0.15) is 0 Å². The molecule has 0 atom stereocenters. The SMILES string of the molecule is COc1ccc(/C=C/c2nc(NCCN3CCCCC3)c3ccccc3n2)cc1OC. The minimum atomic E-state index is 0.675. The maximum Gasteiger partial charge on any atom is 0.161 e. The molecule has 1 N–H and O–H groups in total. The molecule has 1 aromatic heterocycles. The Morgan fingerprint density at radius 3 is 2.55 bits per heavy atom. The van der Waals surface area contributed by atoms with Gasteiger partial charge in [0.15, 0.2) is 17.3 Å². The molecule has 6 heteroatoms. The Morgan fingerprint density at radius 2 is 1.74 bits per heavy atom. The van der Waals surface area contributed by atoms with Crippen molar-refractivity contribution < 1.29 is 9.47 Å². The van der Waals surface area contributed by atoms with Crippen molar-refractivity contribution in [2.45, 2.75) is 19.3 Å². The molecular weight excluding hydrogens is 388 g/mol. The second kappa shape index (κ2) is 10.3. The Hall–Kier alpha value is -3.12. The van der Waals surface area contributed by atoms with Crippen LogP contribution in [0.1, 0.15) is 30.7 Å². The first-order valence-corrected chi connectivity index (χ1v) is 10.9. The summed E-state index contributed by atoms with van der Waals surface area (Å²) >= 11 is 0. The number of para-hydroxylation sites is 1. The zero-order valence-electron chi connectivity index (χ0n) is 18.3. The molecule has 0 saturated carbocycles. The molecule has 2 heterocycles. The predicted molar refractivity (Wildman–Crippen MR) is 127 cm³/mol. The Kier molecular flexibility index (Phi) is 6.99. The molecule has 0 unspecified atom stereocenters. The van der Waals surface area contributed by atoms with Crippen LogP contribution in [0.15, 0.2) is 42.5 Å².